The molecule has 0 spiro atoms. The lowest BCUT2D eigenvalue weighted by atomic mass is 10.1. The number of ether oxygens (including phenoxy) is 3. The van der Waals surface area contributed by atoms with Gasteiger partial charge in [-0.25, -0.2) is 0 Å². The molecular formula is C15H22O4. The average Bonchev–Trinajstić information content (AvgIpc) is 2.33. The summed E-state index contributed by atoms with van der Waals surface area (Å²) in [4.78, 5) is 11.3. The first kappa shape index (κ1) is 15.5. The summed E-state index contributed by atoms with van der Waals surface area (Å²) < 4.78 is 16.4. The number of ketones is 1. The van der Waals surface area contributed by atoms with Crippen molar-refractivity contribution in [1.29, 1.82) is 0 Å². The molecule has 0 heterocycles. The molecule has 19 heavy (non-hydrogen) atoms. The molecule has 0 fully saturated rings. The molecule has 0 amide bonds. The van der Waals surface area contributed by atoms with Gasteiger partial charge in [0.15, 0.2) is 17.3 Å². The second kappa shape index (κ2) is 6.57. The predicted molar refractivity (Wildman–Crippen MR) is 74.2 cm³/mol. The first-order chi connectivity index (χ1) is 8.83. The zero-order valence-corrected chi connectivity index (χ0v) is 12.3. The summed E-state index contributed by atoms with van der Waals surface area (Å²) in [6, 6.07) is 5.15. The molecule has 1 aromatic carbocycles. The molecule has 0 radical (unpaired) electrons. The van der Waals surface area contributed by atoms with Crippen LogP contribution in [0.5, 0.6) is 11.5 Å². The molecule has 0 bridgehead atoms. The highest BCUT2D eigenvalue weighted by molar-refractivity contribution is 5.94. The Labute approximate surface area is 114 Å². The standard InChI is InChI=1S/C15H22O4/c1-11(16)12-6-7-13(14(10-12)17-5)18-8-9-19-15(2,3)4/h6-7,10H,8-9H2,1-5H3. The number of carbonyl (C=O) groups excluding carboxylic acids is 1. The molecule has 0 saturated carbocycles. The third kappa shape index (κ3) is 5.30. The second-order valence-corrected chi connectivity index (χ2v) is 5.23. The van der Waals surface area contributed by atoms with E-state index < -0.39 is 0 Å². The fraction of sp³-hybridized carbons (Fsp3) is 0.533. The molecule has 1 rings (SSSR count). The molecule has 0 atom stereocenters. The number of rotatable bonds is 6. The normalized spacial score (nSPS) is 11.2. The van der Waals surface area contributed by atoms with E-state index >= 15 is 0 Å². The van der Waals surface area contributed by atoms with Crippen molar-refractivity contribution in [2.45, 2.75) is 33.3 Å². The minimum atomic E-state index is -0.175. The maximum atomic E-state index is 11.3. The zero-order valence-electron chi connectivity index (χ0n) is 12.3. The number of Topliss-reactive ketones (excluding diaryl/α,β-unsaturated/α-hetero) is 1. The van der Waals surface area contributed by atoms with Gasteiger partial charge in [-0.2, -0.15) is 0 Å². The topological polar surface area (TPSA) is 44.8 Å². The Hall–Kier alpha value is -1.55. The fourth-order valence-corrected chi connectivity index (χ4v) is 1.51. The lowest BCUT2D eigenvalue weighted by Crippen LogP contribution is -2.22. The highest BCUT2D eigenvalue weighted by atomic mass is 16.5. The summed E-state index contributed by atoms with van der Waals surface area (Å²) in [7, 11) is 1.55. The van der Waals surface area contributed by atoms with Crippen molar-refractivity contribution in [3.8, 4) is 11.5 Å². The minimum Gasteiger partial charge on any atom is -0.493 e. The van der Waals surface area contributed by atoms with Gasteiger partial charge in [-0.05, 0) is 45.9 Å². The summed E-state index contributed by atoms with van der Waals surface area (Å²) in [6.45, 7) is 8.44. The number of carbonyl (C=O) groups is 1. The van der Waals surface area contributed by atoms with E-state index in [-0.39, 0.29) is 11.4 Å². The second-order valence-electron chi connectivity index (χ2n) is 5.23. The van der Waals surface area contributed by atoms with Crippen molar-refractivity contribution in [2.75, 3.05) is 20.3 Å². The molecule has 4 heteroatoms. The van der Waals surface area contributed by atoms with E-state index in [2.05, 4.69) is 0 Å². The van der Waals surface area contributed by atoms with Gasteiger partial charge in [0.2, 0.25) is 0 Å². The Balaban J connectivity index is 2.61. The maximum absolute atomic E-state index is 11.3. The van der Waals surface area contributed by atoms with Crippen LogP contribution in [-0.2, 0) is 4.74 Å². The van der Waals surface area contributed by atoms with Crippen molar-refractivity contribution in [3.63, 3.8) is 0 Å². The van der Waals surface area contributed by atoms with E-state index in [4.69, 9.17) is 14.2 Å². The SMILES string of the molecule is COc1cc(C(C)=O)ccc1OCCOC(C)(C)C. The molecule has 0 aliphatic rings. The van der Waals surface area contributed by atoms with Crippen LogP contribution in [0.25, 0.3) is 0 Å². The number of benzene rings is 1. The smallest absolute Gasteiger partial charge is 0.161 e. The van der Waals surface area contributed by atoms with Gasteiger partial charge < -0.3 is 14.2 Å². The molecule has 0 unspecified atom stereocenters. The summed E-state index contributed by atoms with van der Waals surface area (Å²) in [5.41, 5.74) is 0.432. The van der Waals surface area contributed by atoms with Crippen LogP contribution in [0.15, 0.2) is 18.2 Å². The summed E-state index contributed by atoms with van der Waals surface area (Å²) >= 11 is 0. The Morgan fingerprint density at radius 2 is 1.84 bits per heavy atom. The van der Waals surface area contributed by atoms with Gasteiger partial charge in [0.1, 0.15) is 6.61 Å². The first-order valence-electron chi connectivity index (χ1n) is 6.29. The number of hydrogen-bond donors (Lipinski definition) is 0. The molecule has 106 valence electrons. The largest absolute Gasteiger partial charge is 0.493 e. The van der Waals surface area contributed by atoms with Crippen molar-refractivity contribution >= 4 is 5.78 Å². The van der Waals surface area contributed by atoms with Gasteiger partial charge in [-0.3, -0.25) is 4.79 Å². The number of hydrogen-bond acceptors (Lipinski definition) is 4. The van der Waals surface area contributed by atoms with Gasteiger partial charge in [-0.15, -0.1) is 0 Å². The van der Waals surface area contributed by atoms with E-state index in [9.17, 15) is 4.79 Å². The van der Waals surface area contributed by atoms with Crippen LogP contribution in [0.3, 0.4) is 0 Å². The zero-order chi connectivity index (χ0) is 14.5. The van der Waals surface area contributed by atoms with Crippen molar-refractivity contribution in [1.82, 2.24) is 0 Å². The fourth-order valence-electron chi connectivity index (χ4n) is 1.51. The quantitative estimate of drug-likeness (QED) is 0.586. The molecule has 0 aliphatic heterocycles. The lowest BCUT2D eigenvalue weighted by Gasteiger charge is -2.19. The van der Waals surface area contributed by atoms with E-state index in [0.29, 0.717) is 30.3 Å². The van der Waals surface area contributed by atoms with Crippen molar-refractivity contribution in [2.24, 2.45) is 0 Å². The van der Waals surface area contributed by atoms with Crippen LogP contribution < -0.4 is 9.47 Å². The van der Waals surface area contributed by atoms with Crippen molar-refractivity contribution in [3.05, 3.63) is 23.8 Å². The molecule has 1 aromatic rings. The molecule has 0 aromatic heterocycles. The van der Waals surface area contributed by atoms with Crippen LogP contribution in [0.1, 0.15) is 38.1 Å². The molecule has 0 saturated heterocycles. The highest BCUT2D eigenvalue weighted by Crippen LogP contribution is 2.28. The van der Waals surface area contributed by atoms with Gasteiger partial charge in [0.25, 0.3) is 0 Å². The first-order valence-corrected chi connectivity index (χ1v) is 6.29. The predicted octanol–water partition coefficient (Wildman–Crippen LogP) is 3.09. The van der Waals surface area contributed by atoms with Gasteiger partial charge in [-0.1, -0.05) is 0 Å². The lowest BCUT2D eigenvalue weighted by molar-refractivity contribution is -0.0165. The summed E-state index contributed by atoms with van der Waals surface area (Å²) in [5.74, 6) is 1.18. The minimum absolute atomic E-state index is 0.000848. The van der Waals surface area contributed by atoms with Crippen molar-refractivity contribution < 1.29 is 19.0 Å². The molecule has 0 aliphatic carbocycles. The van der Waals surface area contributed by atoms with Crippen LogP contribution in [0, 0.1) is 0 Å². The van der Waals surface area contributed by atoms with E-state index in [0.717, 1.165) is 0 Å². The molecule has 0 N–H and O–H groups in total. The van der Waals surface area contributed by atoms with Crippen LogP contribution in [0.4, 0.5) is 0 Å². The maximum Gasteiger partial charge on any atom is 0.161 e. The average molecular weight is 266 g/mol. The third-order valence-corrected chi connectivity index (χ3v) is 2.45. The Kier molecular flexibility index (Phi) is 5.36. The Bertz CT molecular complexity index is 432. The van der Waals surface area contributed by atoms with E-state index in [1.165, 1.54) is 6.92 Å². The Morgan fingerprint density at radius 3 is 2.37 bits per heavy atom. The molecule has 4 nitrogen and oxygen atoms in total. The van der Waals surface area contributed by atoms with Crippen LogP contribution in [0.2, 0.25) is 0 Å². The summed E-state index contributed by atoms with van der Waals surface area (Å²) in [5, 5.41) is 0. The van der Waals surface area contributed by atoms with Crippen LogP contribution in [-0.4, -0.2) is 31.7 Å². The van der Waals surface area contributed by atoms with Gasteiger partial charge >= 0.3 is 0 Å². The van der Waals surface area contributed by atoms with Gasteiger partial charge in [0.05, 0.1) is 19.3 Å². The number of methoxy groups -OCH3 is 1. The Morgan fingerprint density at radius 1 is 1.16 bits per heavy atom. The van der Waals surface area contributed by atoms with Crippen LogP contribution >= 0.6 is 0 Å². The van der Waals surface area contributed by atoms with E-state index in [1.807, 2.05) is 20.8 Å². The van der Waals surface area contributed by atoms with Gasteiger partial charge in [0, 0.05) is 5.56 Å². The highest BCUT2D eigenvalue weighted by Gasteiger charge is 2.11. The van der Waals surface area contributed by atoms with E-state index in [1.54, 1.807) is 25.3 Å². The third-order valence-electron chi connectivity index (χ3n) is 2.45. The summed E-state index contributed by atoms with van der Waals surface area (Å²) in [6.07, 6.45) is 0. The molecular weight excluding hydrogens is 244 g/mol. The monoisotopic (exact) mass is 266 g/mol.